The van der Waals surface area contributed by atoms with E-state index in [0.717, 1.165) is 44.4 Å². The summed E-state index contributed by atoms with van der Waals surface area (Å²) in [6.07, 6.45) is 12.9. The lowest BCUT2D eigenvalue weighted by Crippen LogP contribution is -2.32. The minimum Gasteiger partial charge on any atom is -0.465 e. The zero-order valence-electron chi connectivity index (χ0n) is 19.1. The number of carbonyl (C=O) groups is 2. The largest absolute Gasteiger partial charge is 0.465 e. The lowest BCUT2D eigenvalue weighted by atomic mass is 9.82. The van der Waals surface area contributed by atoms with Gasteiger partial charge < -0.3 is 9.47 Å². The van der Waals surface area contributed by atoms with Gasteiger partial charge in [0.15, 0.2) is 0 Å². The maximum absolute atomic E-state index is 12.2. The van der Waals surface area contributed by atoms with Gasteiger partial charge in [-0.05, 0) is 58.8 Å². The highest BCUT2D eigenvalue weighted by atomic mass is 16.6. The highest BCUT2D eigenvalue weighted by molar-refractivity contribution is 5.75. The molecule has 0 atom stereocenters. The van der Waals surface area contributed by atoms with Gasteiger partial charge in [0.05, 0.1) is 18.4 Å². The molecule has 0 radical (unpaired) electrons. The molecule has 0 bridgehead atoms. The molecule has 0 aromatic rings. The average molecular weight is 397 g/mol. The summed E-state index contributed by atoms with van der Waals surface area (Å²) in [5.41, 5.74) is -0.444. The van der Waals surface area contributed by atoms with Crippen molar-refractivity contribution in [2.45, 2.75) is 117 Å². The Labute approximate surface area is 173 Å². The van der Waals surface area contributed by atoms with Gasteiger partial charge in [0.2, 0.25) is 0 Å². The van der Waals surface area contributed by atoms with Gasteiger partial charge in [0.25, 0.3) is 0 Å². The summed E-state index contributed by atoms with van der Waals surface area (Å²) in [6.45, 7) is 10.8. The SMILES string of the molecule is CC(C)CCCCCCCCCOC(=O)C1CCC(C(=O)OC(C)(C)C)CC1. The molecule has 0 unspecified atom stereocenters. The topological polar surface area (TPSA) is 52.6 Å². The number of ether oxygens (including phenoxy) is 2. The highest BCUT2D eigenvalue weighted by Gasteiger charge is 2.33. The Kier molecular flexibility index (Phi) is 11.8. The van der Waals surface area contributed by atoms with Crippen LogP contribution in [0.2, 0.25) is 0 Å². The second-order valence-corrected chi connectivity index (χ2v) is 9.91. The van der Waals surface area contributed by atoms with E-state index in [-0.39, 0.29) is 23.8 Å². The van der Waals surface area contributed by atoms with Crippen molar-refractivity contribution in [2.75, 3.05) is 6.61 Å². The van der Waals surface area contributed by atoms with E-state index in [1.54, 1.807) is 0 Å². The van der Waals surface area contributed by atoms with Gasteiger partial charge in [-0.3, -0.25) is 9.59 Å². The zero-order valence-corrected chi connectivity index (χ0v) is 19.1. The van der Waals surface area contributed by atoms with Crippen LogP contribution in [0.4, 0.5) is 0 Å². The zero-order chi connectivity index (χ0) is 21.0. The van der Waals surface area contributed by atoms with Crippen LogP contribution >= 0.6 is 0 Å². The van der Waals surface area contributed by atoms with Gasteiger partial charge in [-0.2, -0.15) is 0 Å². The first-order chi connectivity index (χ1) is 13.2. The van der Waals surface area contributed by atoms with Gasteiger partial charge in [-0.25, -0.2) is 0 Å². The lowest BCUT2D eigenvalue weighted by Gasteiger charge is -2.28. The maximum Gasteiger partial charge on any atom is 0.309 e. The van der Waals surface area contributed by atoms with Gasteiger partial charge in [0, 0.05) is 0 Å². The summed E-state index contributed by atoms with van der Waals surface area (Å²) in [5, 5.41) is 0. The fourth-order valence-corrected chi connectivity index (χ4v) is 3.78. The highest BCUT2D eigenvalue weighted by Crippen LogP contribution is 2.31. The van der Waals surface area contributed by atoms with Crippen molar-refractivity contribution in [2.24, 2.45) is 17.8 Å². The molecule has 0 N–H and O–H groups in total. The Morgan fingerprint density at radius 1 is 0.786 bits per heavy atom. The van der Waals surface area contributed by atoms with Crippen molar-refractivity contribution >= 4 is 11.9 Å². The first-order valence-corrected chi connectivity index (χ1v) is 11.6. The van der Waals surface area contributed by atoms with Crippen LogP contribution in [0, 0.1) is 17.8 Å². The van der Waals surface area contributed by atoms with Crippen molar-refractivity contribution in [1.82, 2.24) is 0 Å². The first kappa shape index (κ1) is 25.0. The van der Waals surface area contributed by atoms with Crippen LogP contribution in [0.5, 0.6) is 0 Å². The van der Waals surface area contributed by atoms with Crippen LogP contribution in [0.25, 0.3) is 0 Å². The number of carbonyl (C=O) groups excluding carboxylic acids is 2. The van der Waals surface area contributed by atoms with Crippen molar-refractivity contribution in [3.63, 3.8) is 0 Å². The summed E-state index contributed by atoms with van der Waals surface area (Å²) in [7, 11) is 0. The molecular weight excluding hydrogens is 352 g/mol. The molecule has 0 aromatic heterocycles. The van der Waals surface area contributed by atoms with Crippen molar-refractivity contribution < 1.29 is 19.1 Å². The summed E-state index contributed by atoms with van der Waals surface area (Å²) in [5.74, 6) is 0.519. The molecule has 0 spiro atoms. The third-order valence-electron chi connectivity index (χ3n) is 5.47. The van der Waals surface area contributed by atoms with E-state index in [1.165, 1.54) is 38.5 Å². The second kappa shape index (κ2) is 13.2. The number of hydrogen-bond acceptors (Lipinski definition) is 4. The van der Waals surface area contributed by atoms with Crippen LogP contribution in [-0.4, -0.2) is 24.1 Å². The van der Waals surface area contributed by atoms with E-state index in [1.807, 2.05) is 20.8 Å². The third-order valence-corrected chi connectivity index (χ3v) is 5.47. The molecule has 0 heterocycles. The summed E-state index contributed by atoms with van der Waals surface area (Å²) >= 11 is 0. The smallest absolute Gasteiger partial charge is 0.309 e. The number of hydrogen-bond donors (Lipinski definition) is 0. The monoisotopic (exact) mass is 396 g/mol. The normalized spacial score (nSPS) is 20.2. The maximum atomic E-state index is 12.2. The molecule has 1 aliphatic carbocycles. The fourth-order valence-electron chi connectivity index (χ4n) is 3.78. The van der Waals surface area contributed by atoms with Gasteiger partial charge in [0.1, 0.15) is 5.60 Å². The van der Waals surface area contributed by atoms with Crippen LogP contribution in [-0.2, 0) is 19.1 Å². The molecule has 0 aromatic carbocycles. The molecule has 1 saturated carbocycles. The standard InChI is InChI=1S/C24H44O4/c1-19(2)13-11-9-7-6-8-10-12-18-27-22(25)20-14-16-21(17-15-20)23(26)28-24(3,4)5/h19-21H,6-18H2,1-5H3. The first-order valence-electron chi connectivity index (χ1n) is 11.6. The Balaban J connectivity index is 2.03. The van der Waals surface area contributed by atoms with E-state index >= 15 is 0 Å². The van der Waals surface area contributed by atoms with Gasteiger partial charge in [-0.1, -0.05) is 58.8 Å². The Hall–Kier alpha value is -1.06. The van der Waals surface area contributed by atoms with Crippen molar-refractivity contribution in [3.8, 4) is 0 Å². The summed E-state index contributed by atoms with van der Waals surface area (Å²) in [6, 6.07) is 0. The molecular formula is C24H44O4. The molecule has 0 amide bonds. The number of rotatable bonds is 12. The molecule has 1 fully saturated rings. The Morgan fingerprint density at radius 3 is 1.75 bits per heavy atom. The quantitative estimate of drug-likeness (QED) is 0.281. The van der Waals surface area contributed by atoms with Crippen molar-refractivity contribution in [3.05, 3.63) is 0 Å². The fraction of sp³-hybridized carbons (Fsp3) is 0.917. The molecule has 4 nitrogen and oxygen atoms in total. The molecule has 4 heteroatoms. The summed E-state index contributed by atoms with van der Waals surface area (Å²) < 4.78 is 10.9. The van der Waals surface area contributed by atoms with Crippen LogP contribution in [0.15, 0.2) is 0 Å². The molecule has 1 rings (SSSR count). The van der Waals surface area contributed by atoms with Gasteiger partial charge in [-0.15, -0.1) is 0 Å². The Bertz CT molecular complexity index is 442. The van der Waals surface area contributed by atoms with E-state index in [4.69, 9.17) is 9.47 Å². The molecule has 1 aliphatic rings. The van der Waals surface area contributed by atoms with E-state index in [9.17, 15) is 9.59 Å². The molecule has 0 saturated heterocycles. The minimum atomic E-state index is -0.444. The van der Waals surface area contributed by atoms with Crippen molar-refractivity contribution in [1.29, 1.82) is 0 Å². The lowest BCUT2D eigenvalue weighted by molar-refractivity contribution is -0.163. The van der Waals surface area contributed by atoms with Crippen LogP contribution in [0.1, 0.15) is 112 Å². The van der Waals surface area contributed by atoms with Crippen LogP contribution < -0.4 is 0 Å². The third kappa shape index (κ3) is 11.7. The molecule has 0 aliphatic heterocycles. The predicted molar refractivity (Wildman–Crippen MR) is 114 cm³/mol. The van der Waals surface area contributed by atoms with E-state index in [0.29, 0.717) is 6.61 Å². The number of unbranched alkanes of at least 4 members (excludes halogenated alkanes) is 6. The Morgan fingerprint density at radius 2 is 1.25 bits per heavy atom. The predicted octanol–water partition coefficient (Wildman–Crippen LogP) is 6.45. The molecule has 28 heavy (non-hydrogen) atoms. The van der Waals surface area contributed by atoms with Gasteiger partial charge >= 0.3 is 11.9 Å². The minimum absolute atomic E-state index is 0.0420. The second-order valence-electron chi connectivity index (χ2n) is 9.91. The van der Waals surface area contributed by atoms with E-state index in [2.05, 4.69) is 13.8 Å². The summed E-state index contributed by atoms with van der Waals surface area (Å²) in [4.78, 5) is 24.4. The van der Waals surface area contributed by atoms with E-state index < -0.39 is 5.60 Å². The molecule has 164 valence electrons. The average Bonchev–Trinajstić information content (AvgIpc) is 2.61. The number of esters is 2. The van der Waals surface area contributed by atoms with Crippen LogP contribution in [0.3, 0.4) is 0 Å².